The van der Waals surface area contributed by atoms with Crippen molar-refractivity contribution in [3.05, 3.63) is 32.2 Å². The molecule has 3 atom stereocenters. The number of aromatic hydroxyl groups is 1. The number of phenolic OH excluding ortho intramolecular Hbond substituents is 1. The van der Waals surface area contributed by atoms with Gasteiger partial charge in [0.25, 0.3) is 11.5 Å². The Morgan fingerprint density at radius 2 is 1.87 bits per heavy atom. The summed E-state index contributed by atoms with van der Waals surface area (Å²) < 4.78 is 44.6. The number of halogens is 3. The van der Waals surface area contributed by atoms with Gasteiger partial charge in [0, 0.05) is 37.0 Å². The highest BCUT2D eigenvalue weighted by Crippen LogP contribution is 2.48. The number of aliphatic hydroxyl groups excluding tert-OH is 1. The molecule has 2 heterocycles. The molecule has 2 aliphatic carbocycles. The first-order chi connectivity index (χ1) is 14.1. The smallest absolute Gasteiger partial charge is 0.329 e. The number of anilines is 1. The molecule has 10 heteroatoms. The molecule has 0 radical (unpaired) electrons. The second kappa shape index (κ2) is 6.26. The molecule has 7 nitrogen and oxygen atoms in total. The van der Waals surface area contributed by atoms with Crippen LogP contribution in [0.2, 0.25) is 0 Å². The van der Waals surface area contributed by atoms with Gasteiger partial charge >= 0.3 is 5.69 Å². The van der Waals surface area contributed by atoms with Crippen molar-refractivity contribution in [1.82, 2.24) is 9.55 Å². The van der Waals surface area contributed by atoms with Crippen molar-refractivity contribution in [3.63, 3.8) is 0 Å². The molecule has 3 fully saturated rings. The van der Waals surface area contributed by atoms with Crippen LogP contribution in [-0.2, 0) is 0 Å². The Hall–Kier alpha value is -2.49. The van der Waals surface area contributed by atoms with Gasteiger partial charge in [-0.05, 0) is 32.1 Å². The van der Waals surface area contributed by atoms with E-state index in [1.54, 1.807) is 11.8 Å². The SMILES string of the molecule is Cc1c(N2CC3CCC(F)(F)C(O)C3C2)c(F)c(O)c2c(=O)[nH]c(=O)n(C3CC3)c12. The Labute approximate surface area is 168 Å². The van der Waals surface area contributed by atoms with E-state index >= 15 is 4.39 Å². The number of alkyl halides is 2. The molecule has 1 aliphatic heterocycles. The molecule has 3 unspecified atom stereocenters. The molecule has 1 aromatic heterocycles. The maximum Gasteiger partial charge on any atom is 0.329 e. The Bertz CT molecular complexity index is 1170. The number of aromatic nitrogens is 2. The third-order valence-electron chi connectivity index (χ3n) is 6.91. The van der Waals surface area contributed by atoms with Crippen LogP contribution in [0.25, 0.3) is 10.9 Å². The standard InChI is InChI=1S/C20H22F3N3O4/c1-8-14-12(18(29)24-19(30)26(14)10-2-3-10)16(27)13(21)15(8)25-6-9-4-5-20(22,23)17(28)11(9)7-25/h9-11,17,27-28H,2-7H2,1H3,(H,24,29,30). The highest BCUT2D eigenvalue weighted by molar-refractivity contribution is 5.92. The summed E-state index contributed by atoms with van der Waals surface area (Å²) in [6, 6.07) is -0.144. The minimum atomic E-state index is -3.18. The monoisotopic (exact) mass is 425 g/mol. The van der Waals surface area contributed by atoms with Crippen molar-refractivity contribution in [3.8, 4) is 5.75 Å². The van der Waals surface area contributed by atoms with Crippen LogP contribution in [0.1, 0.15) is 37.3 Å². The third kappa shape index (κ3) is 2.62. The van der Waals surface area contributed by atoms with Crippen molar-refractivity contribution in [2.24, 2.45) is 11.8 Å². The molecule has 3 aliphatic rings. The van der Waals surface area contributed by atoms with Gasteiger partial charge in [0.1, 0.15) is 11.5 Å². The molecule has 1 saturated heterocycles. The third-order valence-corrected chi connectivity index (χ3v) is 6.91. The Kier molecular flexibility index (Phi) is 4.06. The lowest BCUT2D eigenvalue weighted by molar-refractivity contribution is -0.161. The van der Waals surface area contributed by atoms with Gasteiger partial charge in [-0.3, -0.25) is 14.3 Å². The fourth-order valence-corrected chi connectivity index (χ4v) is 5.27. The van der Waals surface area contributed by atoms with E-state index in [9.17, 15) is 28.6 Å². The van der Waals surface area contributed by atoms with Gasteiger partial charge in [0.15, 0.2) is 11.6 Å². The fraction of sp³-hybridized carbons (Fsp3) is 0.600. The zero-order valence-corrected chi connectivity index (χ0v) is 16.3. The number of rotatable bonds is 2. The molecule has 0 spiro atoms. The molecule has 1 aromatic carbocycles. The van der Waals surface area contributed by atoms with E-state index in [2.05, 4.69) is 4.98 Å². The Morgan fingerprint density at radius 1 is 1.17 bits per heavy atom. The molecular weight excluding hydrogens is 403 g/mol. The number of H-pyrrole nitrogens is 1. The van der Waals surface area contributed by atoms with Crippen molar-refractivity contribution < 1.29 is 23.4 Å². The van der Waals surface area contributed by atoms with Crippen LogP contribution >= 0.6 is 0 Å². The largest absolute Gasteiger partial charge is 0.504 e. The lowest BCUT2D eigenvalue weighted by atomic mass is 9.77. The number of aromatic amines is 1. The zero-order valence-electron chi connectivity index (χ0n) is 16.3. The number of benzene rings is 1. The topological polar surface area (TPSA) is 98.6 Å². The molecule has 2 saturated carbocycles. The Balaban J connectivity index is 1.69. The molecule has 2 aromatic rings. The van der Waals surface area contributed by atoms with Gasteiger partial charge in [0.2, 0.25) is 0 Å². The predicted octanol–water partition coefficient (Wildman–Crippen LogP) is 2.02. The quantitative estimate of drug-likeness (QED) is 0.684. The fourth-order valence-electron chi connectivity index (χ4n) is 5.27. The maximum absolute atomic E-state index is 15.3. The number of aliphatic hydroxyl groups is 1. The van der Waals surface area contributed by atoms with Gasteiger partial charge < -0.3 is 15.1 Å². The highest BCUT2D eigenvalue weighted by atomic mass is 19.3. The summed E-state index contributed by atoms with van der Waals surface area (Å²) in [5.74, 6) is -6.03. The lowest BCUT2D eigenvalue weighted by Gasteiger charge is -2.35. The van der Waals surface area contributed by atoms with Gasteiger partial charge in [-0.15, -0.1) is 0 Å². The highest BCUT2D eigenvalue weighted by Gasteiger charge is 2.53. The average Bonchev–Trinajstić information content (AvgIpc) is 3.41. The van der Waals surface area contributed by atoms with Crippen molar-refractivity contribution in [2.75, 3.05) is 18.0 Å². The first-order valence-corrected chi connectivity index (χ1v) is 10.1. The minimum absolute atomic E-state index is 0.000974. The number of hydrogen-bond acceptors (Lipinski definition) is 5. The van der Waals surface area contributed by atoms with Gasteiger partial charge in [-0.25, -0.2) is 18.0 Å². The van der Waals surface area contributed by atoms with E-state index in [4.69, 9.17) is 0 Å². The minimum Gasteiger partial charge on any atom is -0.504 e. The lowest BCUT2D eigenvalue weighted by Crippen LogP contribution is -2.46. The van der Waals surface area contributed by atoms with Gasteiger partial charge in [0.05, 0.1) is 11.2 Å². The summed E-state index contributed by atoms with van der Waals surface area (Å²) in [5.41, 5.74) is -1.04. The van der Waals surface area contributed by atoms with Crippen LogP contribution in [0.15, 0.2) is 9.59 Å². The van der Waals surface area contributed by atoms with Gasteiger partial charge in [-0.2, -0.15) is 0 Å². The van der Waals surface area contributed by atoms with Gasteiger partial charge in [-0.1, -0.05) is 0 Å². The van der Waals surface area contributed by atoms with Crippen molar-refractivity contribution in [2.45, 2.75) is 50.7 Å². The summed E-state index contributed by atoms with van der Waals surface area (Å²) in [4.78, 5) is 28.5. The van der Waals surface area contributed by atoms with E-state index in [1.165, 1.54) is 4.57 Å². The molecular formula is C20H22F3N3O4. The predicted molar refractivity (Wildman–Crippen MR) is 103 cm³/mol. The first-order valence-electron chi connectivity index (χ1n) is 10.1. The second-order valence-electron chi connectivity index (χ2n) is 8.79. The molecule has 30 heavy (non-hydrogen) atoms. The normalized spacial score (nSPS) is 28.2. The summed E-state index contributed by atoms with van der Waals surface area (Å²) in [7, 11) is 0. The molecule has 3 N–H and O–H groups in total. The summed E-state index contributed by atoms with van der Waals surface area (Å²) in [5, 5.41) is 20.3. The molecule has 0 amide bonds. The zero-order chi connectivity index (χ0) is 21.5. The van der Waals surface area contributed by atoms with E-state index in [0.717, 1.165) is 12.8 Å². The number of fused-ring (bicyclic) bond motifs is 2. The number of aryl methyl sites for hydroxylation is 1. The van der Waals surface area contributed by atoms with E-state index in [1.807, 2.05) is 0 Å². The summed E-state index contributed by atoms with van der Waals surface area (Å²) in [6.45, 7) is 1.81. The number of phenols is 1. The number of hydrogen-bond donors (Lipinski definition) is 3. The summed E-state index contributed by atoms with van der Waals surface area (Å²) >= 11 is 0. The maximum atomic E-state index is 15.3. The Morgan fingerprint density at radius 3 is 2.53 bits per heavy atom. The van der Waals surface area contributed by atoms with E-state index < -0.39 is 47.2 Å². The van der Waals surface area contributed by atoms with Crippen LogP contribution in [0.4, 0.5) is 18.9 Å². The van der Waals surface area contributed by atoms with E-state index in [-0.39, 0.29) is 48.1 Å². The first kappa shape index (κ1) is 19.5. The molecule has 5 rings (SSSR count). The van der Waals surface area contributed by atoms with Crippen LogP contribution in [-0.4, -0.2) is 44.9 Å². The average molecular weight is 425 g/mol. The van der Waals surface area contributed by atoms with Crippen LogP contribution in [0.5, 0.6) is 5.75 Å². The van der Waals surface area contributed by atoms with Crippen molar-refractivity contribution in [1.29, 1.82) is 0 Å². The van der Waals surface area contributed by atoms with Crippen LogP contribution in [0, 0.1) is 24.6 Å². The number of nitrogens with zero attached hydrogens (tertiary/aromatic N) is 2. The molecule has 0 bridgehead atoms. The van der Waals surface area contributed by atoms with Crippen LogP contribution in [0.3, 0.4) is 0 Å². The van der Waals surface area contributed by atoms with E-state index in [0.29, 0.717) is 5.56 Å². The summed E-state index contributed by atoms with van der Waals surface area (Å²) in [6.07, 6.45) is -0.583. The van der Waals surface area contributed by atoms with Crippen LogP contribution < -0.4 is 16.1 Å². The second-order valence-corrected chi connectivity index (χ2v) is 8.79. The molecule has 162 valence electrons. The number of nitrogens with one attached hydrogen (secondary N) is 1. The van der Waals surface area contributed by atoms with Crippen molar-refractivity contribution >= 4 is 16.6 Å².